The highest BCUT2D eigenvalue weighted by atomic mass is 32.2. The second-order valence-corrected chi connectivity index (χ2v) is 11.7. The first-order valence-electron chi connectivity index (χ1n) is 11.1. The second-order valence-electron chi connectivity index (χ2n) is 8.35. The van der Waals surface area contributed by atoms with E-state index in [4.69, 9.17) is 4.74 Å². The fraction of sp³-hybridized carbons (Fsp3) is 0.231. The number of anilines is 1. The van der Waals surface area contributed by atoms with Gasteiger partial charge in [-0.2, -0.15) is 4.99 Å². The number of thioether (sulfide) groups is 1. The van der Waals surface area contributed by atoms with Gasteiger partial charge in [0.2, 0.25) is 5.91 Å². The number of hydrogen-bond acceptors (Lipinski definition) is 5. The molecule has 0 radical (unpaired) electrons. The van der Waals surface area contributed by atoms with Gasteiger partial charge in [0.25, 0.3) is 0 Å². The lowest BCUT2D eigenvalue weighted by Gasteiger charge is -2.24. The van der Waals surface area contributed by atoms with Crippen molar-refractivity contribution in [1.29, 1.82) is 0 Å². The number of carbonyl (C=O) groups excluding carboxylic acids is 1. The molecule has 2 fully saturated rings. The minimum Gasteiger partial charge on any atom is -0.457 e. The van der Waals surface area contributed by atoms with Gasteiger partial charge < -0.3 is 9.64 Å². The summed E-state index contributed by atoms with van der Waals surface area (Å²) in [5, 5.41) is 0.436. The van der Waals surface area contributed by atoms with Crippen LogP contribution in [0.3, 0.4) is 0 Å². The largest absolute Gasteiger partial charge is 0.457 e. The molecule has 1 amide bonds. The van der Waals surface area contributed by atoms with Gasteiger partial charge in [0.1, 0.15) is 11.5 Å². The zero-order chi connectivity index (χ0) is 23.5. The van der Waals surface area contributed by atoms with Crippen molar-refractivity contribution in [3.63, 3.8) is 0 Å². The normalized spacial score (nSPS) is 22.0. The van der Waals surface area contributed by atoms with Crippen molar-refractivity contribution in [1.82, 2.24) is 0 Å². The van der Waals surface area contributed by atoms with Crippen molar-refractivity contribution in [2.75, 3.05) is 16.4 Å². The van der Waals surface area contributed by atoms with Gasteiger partial charge in [0, 0.05) is 17.4 Å². The zero-order valence-corrected chi connectivity index (χ0v) is 20.0. The number of amidine groups is 1. The van der Waals surface area contributed by atoms with E-state index in [1.165, 1.54) is 11.8 Å². The number of sulfone groups is 1. The monoisotopic (exact) mass is 492 g/mol. The number of hydrogen-bond donors (Lipinski definition) is 0. The minimum absolute atomic E-state index is 0.0597. The van der Waals surface area contributed by atoms with E-state index in [9.17, 15) is 13.2 Å². The Morgan fingerprint density at radius 3 is 2.26 bits per heavy atom. The molecular weight excluding hydrogens is 468 g/mol. The van der Waals surface area contributed by atoms with Crippen LogP contribution in [-0.2, 0) is 21.1 Å². The molecule has 0 bridgehead atoms. The van der Waals surface area contributed by atoms with Crippen molar-refractivity contribution in [2.45, 2.75) is 24.1 Å². The Balaban J connectivity index is 1.36. The number of amides is 1. The summed E-state index contributed by atoms with van der Waals surface area (Å²) in [6.45, 7) is 0. The quantitative estimate of drug-likeness (QED) is 0.496. The van der Waals surface area contributed by atoms with Crippen LogP contribution in [0.5, 0.6) is 11.5 Å². The first-order chi connectivity index (χ1) is 16.5. The van der Waals surface area contributed by atoms with Gasteiger partial charge in [-0.25, -0.2) is 8.42 Å². The molecule has 0 aromatic heterocycles. The second kappa shape index (κ2) is 9.64. The van der Waals surface area contributed by atoms with E-state index < -0.39 is 9.84 Å². The van der Waals surface area contributed by atoms with Gasteiger partial charge in [0.15, 0.2) is 15.0 Å². The van der Waals surface area contributed by atoms with Crippen molar-refractivity contribution in [3.05, 3.63) is 90.5 Å². The van der Waals surface area contributed by atoms with Crippen molar-refractivity contribution in [3.8, 4) is 11.5 Å². The maximum Gasteiger partial charge on any atom is 0.248 e. The molecule has 0 unspecified atom stereocenters. The number of aryl methyl sites for hydroxylation is 1. The van der Waals surface area contributed by atoms with Crippen LogP contribution in [0.15, 0.2) is 89.9 Å². The van der Waals surface area contributed by atoms with Crippen LogP contribution in [0.1, 0.15) is 12.0 Å². The van der Waals surface area contributed by atoms with Crippen LogP contribution in [0.4, 0.5) is 5.69 Å². The number of rotatable bonds is 6. The van der Waals surface area contributed by atoms with Crippen LogP contribution >= 0.6 is 11.8 Å². The van der Waals surface area contributed by atoms with Gasteiger partial charge >= 0.3 is 0 Å². The third-order valence-corrected chi connectivity index (χ3v) is 9.06. The summed E-state index contributed by atoms with van der Waals surface area (Å²) in [6.07, 6.45) is 0.924. The summed E-state index contributed by atoms with van der Waals surface area (Å²) in [4.78, 5) is 19.0. The molecule has 2 saturated heterocycles. The number of ether oxygens (including phenoxy) is 1. The van der Waals surface area contributed by atoms with E-state index in [-0.39, 0.29) is 28.7 Å². The van der Waals surface area contributed by atoms with E-state index in [0.717, 1.165) is 17.0 Å². The Hall–Kier alpha value is -3.10. The van der Waals surface area contributed by atoms with Crippen LogP contribution in [0.25, 0.3) is 0 Å². The van der Waals surface area contributed by atoms with Crippen LogP contribution in [-0.4, -0.2) is 42.3 Å². The summed E-state index contributed by atoms with van der Waals surface area (Å²) in [7, 11) is -3.12. The lowest BCUT2D eigenvalue weighted by Crippen LogP contribution is -2.37. The first-order valence-corrected chi connectivity index (χ1v) is 13.8. The number of benzene rings is 3. The molecule has 2 aliphatic heterocycles. The maximum atomic E-state index is 12.7. The number of carbonyl (C=O) groups is 1. The first kappa shape index (κ1) is 22.7. The molecule has 174 valence electrons. The van der Waals surface area contributed by atoms with E-state index in [2.05, 4.69) is 4.99 Å². The fourth-order valence-corrected chi connectivity index (χ4v) is 8.16. The van der Waals surface area contributed by atoms with Crippen molar-refractivity contribution < 1.29 is 17.9 Å². The molecule has 2 atom stereocenters. The van der Waals surface area contributed by atoms with E-state index in [1.54, 1.807) is 0 Å². The Morgan fingerprint density at radius 1 is 0.912 bits per heavy atom. The molecule has 0 aliphatic carbocycles. The third-order valence-electron chi connectivity index (χ3n) is 5.85. The lowest BCUT2D eigenvalue weighted by atomic mass is 10.1. The molecule has 0 spiro atoms. The maximum absolute atomic E-state index is 12.7. The standard InChI is InChI=1S/C26H24N2O4S2/c29-25(16-11-19-7-3-1-4-8-19)27-26-28(23-17-34(30,31)18-24(23)33-26)20-12-14-22(15-13-20)32-21-9-5-2-6-10-21/h1-10,12-15,23-24H,11,16-18H2/t23-,24-/m0/s1. The smallest absolute Gasteiger partial charge is 0.248 e. The Morgan fingerprint density at radius 2 is 1.56 bits per heavy atom. The van der Waals surface area contributed by atoms with Crippen LogP contribution < -0.4 is 9.64 Å². The molecule has 0 N–H and O–H groups in total. The number of fused-ring (bicyclic) bond motifs is 1. The topological polar surface area (TPSA) is 76.0 Å². The zero-order valence-electron chi connectivity index (χ0n) is 18.4. The van der Waals surface area contributed by atoms with Gasteiger partial charge in [-0.15, -0.1) is 0 Å². The summed E-state index contributed by atoms with van der Waals surface area (Å²) in [5.74, 6) is 1.37. The average molecular weight is 493 g/mol. The van der Waals surface area contributed by atoms with E-state index >= 15 is 0 Å². The highest BCUT2D eigenvalue weighted by Gasteiger charge is 2.49. The van der Waals surface area contributed by atoms with E-state index in [1.807, 2.05) is 89.8 Å². The number of para-hydroxylation sites is 1. The van der Waals surface area contributed by atoms with Gasteiger partial charge in [-0.3, -0.25) is 4.79 Å². The van der Waals surface area contributed by atoms with Crippen LogP contribution in [0.2, 0.25) is 0 Å². The molecule has 5 rings (SSSR count). The summed E-state index contributed by atoms with van der Waals surface area (Å²) >= 11 is 1.39. The Bertz CT molecular complexity index is 1290. The molecule has 2 aliphatic rings. The Labute approximate surface area is 203 Å². The third kappa shape index (κ3) is 5.18. The van der Waals surface area contributed by atoms with Gasteiger partial charge in [-0.1, -0.05) is 60.3 Å². The lowest BCUT2D eigenvalue weighted by molar-refractivity contribution is -0.117. The number of nitrogens with zero attached hydrogens (tertiary/aromatic N) is 2. The van der Waals surface area contributed by atoms with Crippen molar-refractivity contribution in [2.24, 2.45) is 4.99 Å². The van der Waals surface area contributed by atoms with E-state index in [0.29, 0.717) is 23.8 Å². The molecule has 0 saturated carbocycles. The molecular formula is C26H24N2O4S2. The highest BCUT2D eigenvalue weighted by molar-refractivity contribution is 8.16. The van der Waals surface area contributed by atoms with Gasteiger partial charge in [0.05, 0.1) is 17.5 Å². The van der Waals surface area contributed by atoms with Crippen molar-refractivity contribution >= 4 is 38.4 Å². The highest BCUT2D eigenvalue weighted by Crippen LogP contribution is 2.41. The average Bonchev–Trinajstić information content (AvgIpc) is 3.30. The summed E-state index contributed by atoms with van der Waals surface area (Å²) in [6, 6.07) is 26.6. The molecule has 2 heterocycles. The molecule has 34 heavy (non-hydrogen) atoms. The minimum atomic E-state index is -3.12. The molecule has 3 aromatic rings. The molecule has 3 aromatic carbocycles. The Kier molecular flexibility index (Phi) is 6.43. The summed E-state index contributed by atoms with van der Waals surface area (Å²) in [5.41, 5.74) is 1.89. The van der Waals surface area contributed by atoms with Gasteiger partial charge in [-0.05, 0) is 48.4 Å². The van der Waals surface area contributed by atoms with Crippen LogP contribution in [0, 0.1) is 0 Å². The predicted molar refractivity (Wildman–Crippen MR) is 136 cm³/mol. The fourth-order valence-electron chi connectivity index (χ4n) is 4.22. The summed E-state index contributed by atoms with van der Waals surface area (Å²) < 4.78 is 30.5. The molecule has 8 heteroatoms. The SMILES string of the molecule is O=C(CCc1ccccc1)N=C1S[C@H]2CS(=O)(=O)C[C@@H]2N1c1ccc(Oc2ccccc2)cc1. The number of aliphatic imine (C=N–C) groups is 1. The predicted octanol–water partition coefficient (Wildman–Crippen LogP) is 4.71. The molecule has 6 nitrogen and oxygen atoms in total.